The molecule has 5 atom stereocenters. The number of methoxy groups -OCH3 is 1. The van der Waals surface area contributed by atoms with Gasteiger partial charge >= 0.3 is 6.09 Å². The Kier molecular flexibility index (Phi) is 11.0. The van der Waals surface area contributed by atoms with Crippen LogP contribution in [0.4, 0.5) is 4.79 Å². The molecule has 11 nitrogen and oxygen atoms in total. The summed E-state index contributed by atoms with van der Waals surface area (Å²) >= 11 is 0. The normalized spacial score (nSPS) is 22.9. The van der Waals surface area contributed by atoms with Gasteiger partial charge < -0.3 is 35.2 Å². The number of benzene rings is 1. The Hall–Kier alpha value is -3.81. The van der Waals surface area contributed by atoms with Gasteiger partial charge in [-0.05, 0) is 77.0 Å². The molecule has 11 heteroatoms. The molecule has 0 unspecified atom stereocenters. The van der Waals surface area contributed by atoms with Crippen LogP contribution in [0, 0.1) is 12.5 Å². The molecule has 3 rings (SSSR count). The van der Waals surface area contributed by atoms with E-state index in [9.17, 15) is 19.2 Å². The third kappa shape index (κ3) is 8.59. The second kappa shape index (κ2) is 14.2. The third-order valence-corrected chi connectivity index (χ3v) is 7.58. The van der Waals surface area contributed by atoms with Crippen molar-refractivity contribution in [2.45, 2.75) is 96.0 Å². The van der Waals surface area contributed by atoms with Crippen molar-refractivity contribution in [3.05, 3.63) is 41.2 Å². The fourth-order valence-electron chi connectivity index (χ4n) is 5.48. The molecule has 0 aromatic heterocycles. The molecule has 2 aliphatic heterocycles. The number of hydrogen-bond donors (Lipinski definition) is 3. The lowest BCUT2D eigenvalue weighted by Crippen LogP contribution is -2.59. The maximum Gasteiger partial charge on any atom is 0.408 e. The van der Waals surface area contributed by atoms with Crippen LogP contribution in [-0.4, -0.2) is 78.7 Å². The first kappa shape index (κ1) is 31.7. The van der Waals surface area contributed by atoms with Crippen molar-refractivity contribution >= 4 is 23.8 Å². The van der Waals surface area contributed by atoms with Crippen LogP contribution in [0.15, 0.2) is 24.3 Å². The second-order valence-corrected chi connectivity index (χ2v) is 11.7. The summed E-state index contributed by atoms with van der Waals surface area (Å²) in [6.45, 7) is 14.8. The number of amides is 4. The van der Waals surface area contributed by atoms with Crippen molar-refractivity contribution < 1.29 is 28.7 Å². The molecule has 0 aliphatic carbocycles. The fourth-order valence-corrected chi connectivity index (χ4v) is 5.48. The van der Waals surface area contributed by atoms with Gasteiger partial charge in [0.15, 0.2) is 0 Å². The SMILES string of the molecule is [C-]#[N+]C[C@H]1CC[C@H]2CC[C@@H](C(=O)NCCc3ccc(OC)cc3)N2C(=O)[C@H]1NC(=O)[C@H](CC)NC(=O)OC(C)(C)C. The number of nitrogens with zero attached hydrogens (tertiary/aromatic N) is 2. The zero-order valence-electron chi connectivity index (χ0n) is 24.7. The molecule has 41 heavy (non-hydrogen) atoms. The van der Waals surface area contributed by atoms with Crippen LogP contribution in [0.5, 0.6) is 5.75 Å². The smallest absolute Gasteiger partial charge is 0.408 e. The van der Waals surface area contributed by atoms with E-state index in [1.165, 1.54) is 0 Å². The van der Waals surface area contributed by atoms with Gasteiger partial charge in [-0.2, -0.15) is 0 Å². The maximum absolute atomic E-state index is 13.9. The molecule has 0 radical (unpaired) electrons. The topological polar surface area (TPSA) is 130 Å². The Bertz CT molecular complexity index is 1130. The molecule has 4 amide bonds. The number of alkyl carbamates (subject to hydrolysis) is 1. The van der Waals surface area contributed by atoms with E-state index >= 15 is 0 Å². The summed E-state index contributed by atoms with van der Waals surface area (Å²) in [6, 6.07) is 4.98. The van der Waals surface area contributed by atoms with Crippen LogP contribution in [0.25, 0.3) is 4.85 Å². The Labute approximate surface area is 242 Å². The molecule has 1 aromatic carbocycles. The van der Waals surface area contributed by atoms with E-state index in [0.29, 0.717) is 38.6 Å². The van der Waals surface area contributed by atoms with Crippen LogP contribution in [0.1, 0.15) is 65.4 Å². The first-order chi connectivity index (χ1) is 19.5. The van der Waals surface area contributed by atoms with Crippen LogP contribution >= 0.6 is 0 Å². The summed E-state index contributed by atoms with van der Waals surface area (Å²) in [5, 5.41) is 8.37. The quantitative estimate of drug-likeness (QED) is 0.372. The van der Waals surface area contributed by atoms with E-state index in [-0.39, 0.29) is 30.8 Å². The van der Waals surface area contributed by atoms with Crippen molar-refractivity contribution in [1.29, 1.82) is 0 Å². The minimum atomic E-state index is -0.969. The highest BCUT2D eigenvalue weighted by Gasteiger charge is 2.48. The molecule has 2 aliphatic rings. The monoisotopic (exact) mass is 569 g/mol. The summed E-state index contributed by atoms with van der Waals surface area (Å²) in [6.07, 6.45) is 2.64. The van der Waals surface area contributed by atoms with Gasteiger partial charge in [-0.15, -0.1) is 0 Å². The molecule has 3 N–H and O–H groups in total. The van der Waals surface area contributed by atoms with Crippen LogP contribution in [0.2, 0.25) is 0 Å². The fraction of sp³-hybridized carbons (Fsp3) is 0.633. The largest absolute Gasteiger partial charge is 0.497 e. The average Bonchev–Trinajstić information content (AvgIpc) is 3.31. The van der Waals surface area contributed by atoms with Gasteiger partial charge in [0, 0.05) is 12.6 Å². The zero-order chi connectivity index (χ0) is 30.2. The van der Waals surface area contributed by atoms with Crippen molar-refractivity contribution in [1.82, 2.24) is 20.9 Å². The van der Waals surface area contributed by atoms with Crippen LogP contribution in [0.3, 0.4) is 0 Å². The number of nitrogens with one attached hydrogen (secondary N) is 3. The first-order valence-electron chi connectivity index (χ1n) is 14.3. The van der Waals surface area contributed by atoms with Crippen LogP contribution in [-0.2, 0) is 25.5 Å². The van der Waals surface area contributed by atoms with Crippen LogP contribution < -0.4 is 20.7 Å². The Morgan fingerprint density at radius 2 is 1.80 bits per heavy atom. The van der Waals surface area contributed by atoms with E-state index in [1.807, 2.05) is 24.3 Å². The number of ether oxygens (including phenoxy) is 2. The third-order valence-electron chi connectivity index (χ3n) is 7.58. The second-order valence-electron chi connectivity index (χ2n) is 11.7. The number of carbonyl (C=O) groups is 4. The minimum Gasteiger partial charge on any atom is -0.497 e. The highest BCUT2D eigenvalue weighted by molar-refractivity contribution is 5.94. The predicted octanol–water partition coefficient (Wildman–Crippen LogP) is 2.83. The number of carbonyl (C=O) groups excluding carboxylic acids is 4. The molecular formula is C30H43N5O6. The first-order valence-corrected chi connectivity index (χ1v) is 14.3. The molecular weight excluding hydrogens is 526 g/mol. The molecule has 0 bridgehead atoms. The van der Waals surface area contributed by atoms with Gasteiger partial charge in [0.25, 0.3) is 0 Å². The lowest BCUT2D eigenvalue weighted by molar-refractivity contribution is -0.143. The van der Waals surface area contributed by atoms with Gasteiger partial charge in [0.2, 0.25) is 24.3 Å². The Morgan fingerprint density at radius 1 is 1.12 bits per heavy atom. The Morgan fingerprint density at radius 3 is 2.41 bits per heavy atom. The summed E-state index contributed by atoms with van der Waals surface area (Å²) in [5.74, 6) is -0.730. The number of fused-ring (bicyclic) bond motifs is 1. The van der Waals surface area contributed by atoms with Gasteiger partial charge in [-0.25, -0.2) is 11.4 Å². The molecule has 2 fully saturated rings. The van der Waals surface area contributed by atoms with E-state index in [2.05, 4.69) is 20.8 Å². The van der Waals surface area contributed by atoms with E-state index in [1.54, 1.807) is 39.7 Å². The van der Waals surface area contributed by atoms with Gasteiger partial charge in [-0.3, -0.25) is 14.4 Å². The lowest BCUT2D eigenvalue weighted by atomic mass is 9.93. The standard InChI is InChI=1S/C30H43N5O6/c1-7-23(33-29(39)41-30(2,3)4)26(36)34-25-20(18-31-5)10-11-21-12-15-24(35(21)28(25)38)27(37)32-17-16-19-8-13-22(40-6)14-9-19/h8-9,13-14,20-21,23-25H,7,10-12,15-18H2,1-4,6H3,(H,32,37)(H,33,39)(H,34,36)/t20-,21+,23+,24+,25+/m1/s1. The number of hydrogen-bond acceptors (Lipinski definition) is 6. The number of rotatable bonds is 10. The zero-order valence-corrected chi connectivity index (χ0v) is 24.7. The summed E-state index contributed by atoms with van der Waals surface area (Å²) < 4.78 is 10.5. The summed E-state index contributed by atoms with van der Waals surface area (Å²) in [4.78, 5) is 57.9. The molecule has 0 saturated carbocycles. The predicted molar refractivity (Wildman–Crippen MR) is 153 cm³/mol. The molecule has 2 saturated heterocycles. The highest BCUT2D eigenvalue weighted by atomic mass is 16.6. The van der Waals surface area contributed by atoms with Gasteiger partial charge in [0.1, 0.15) is 29.5 Å². The van der Waals surface area contributed by atoms with Crippen molar-refractivity contribution in [2.24, 2.45) is 5.92 Å². The van der Waals surface area contributed by atoms with E-state index in [4.69, 9.17) is 16.0 Å². The van der Waals surface area contributed by atoms with E-state index in [0.717, 1.165) is 11.3 Å². The summed E-state index contributed by atoms with van der Waals surface area (Å²) in [7, 11) is 1.61. The minimum absolute atomic E-state index is 0.0757. The highest BCUT2D eigenvalue weighted by Crippen LogP contribution is 2.34. The molecule has 0 spiro atoms. The lowest BCUT2D eigenvalue weighted by Gasteiger charge is -2.32. The van der Waals surface area contributed by atoms with Crippen molar-refractivity contribution in [3.63, 3.8) is 0 Å². The average molecular weight is 570 g/mol. The molecule has 224 valence electrons. The maximum atomic E-state index is 13.9. The van der Waals surface area contributed by atoms with Gasteiger partial charge in [0.05, 0.1) is 13.0 Å². The van der Waals surface area contributed by atoms with Crippen molar-refractivity contribution in [2.75, 3.05) is 20.2 Å². The van der Waals surface area contributed by atoms with Crippen molar-refractivity contribution in [3.8, 4) is 5.75 Å². The van der Waals surface area contributed by atoms with E-state index < -0.39 is 41.6 Å². The summed E-state index contributed by atoms with van der Waals surface area (Å²) in [5.41, 5.74) is 0.322. The molecule has 1 aromatic rings. The Balaban J connectivity index is 1.69. The molecule has 2 heterocycles. The van der Waals surface area contributed by atoms with Gasteiger partial charge in [-0.1, -0.05) is 19.1 Å².